The summed E-state index contributed by atoms with van der Waals surface area (Å²) in [7, 11) is -1.75. The van der Waals surface area contributed by atoms with Gasteiger partial charge in [-0.1, -0.05) is 0 Å². The number of hydrogen-bond acceptors (Lipinski definition) is 4. The Hall–Kier alpha value is -1.58. The molecule has 1 amide bonds. The van der Waals surface area contributed by atoms with Crippen LogP contribution in [-0.4, -0.2) is 57.2 Å². The number of amides is 1. The number of benzene rings is 1. The molecule has 1 aliphatic heterocycles. The number of ether oxygens (including phenoxy) is 1. The van der Waals surface area contributed by atoms with Gasteiger partial charge in [-0.15, -0.1) is 0 Å². The molecule has 24 heavy (non-hydrogen) atoms. The van der Waals surface area contributed by atoms with Crippen LogP contribution in [0.2, 0.25) is 0 Å². The van der Waals surface area contributed by atoms with Crippen molar-refractivity contribution < 1.29 is 26.7 Å². The SMILES string of the molecule is COC1(CNC(=O)c2ccc(F)c(F)c2)CCN(S(C)(=O)=O)CC1. The molecule has 0 radical (unpaired) electrons. The Kier molecular flexibility index (Phi) is 5.56. The smallest absolute Gasteiger partial charge is 0.251 e. The zero-order valence-electron chi connectivity index (χ0n) is 13.5. The number of methoxy groups -OCH3 is 1. The number of carbonyl (C=O) groups is 1. The van der Waals surface area contributed by atoms with Gasteiger partial charge in [-0.05, 0) is 31.0 Å². The van der Waals surface area contributed by atoms with E-state index in [9.17, 15) is 22.0 Å². The maximum absolute atomic E-state index is 13.2. The Morgan fingerprint density at radius 2 is 1.92 bits per heavy atom. The summed E-state index contributed by atoms with van der Waals surface area (Å²) in [6.07, 6.45) is 2.00. The molecule has 1 fully saturated rings. The van der Waals surface area contributed by atoms with Crippen molar-refractivity contribution in [3.8, 4) is 0 Å². The summed E-state index contributed by atoms with van der Waals surface area (Å²) in [4.78, 5) is 12.1. The maximum atomic E-state index is 13.2. The van der Waals surface area contributed by atoms with Crippen molar-refractivity contribution in [2.45, 2.75) is 18.4 Å². The van der Waals surface area contributed by atoms with Crippen LogP contribution in [0.15, 0.2) is 18.2 Å². The first kappa shape index (κ1) is 18.8. The summed E-state index contributed by atoms with van der Waals surface area (Å²) in [6.45, 7) is 0.750. The maximum Gasteiger partial charge on any atom is 0.251 e. The largest absolute Gasteiger partial charge is 0.376 e. The molecule has 0 aromatic heterocycles. The van der Waals surface area contributed by atoms with Crippen LogP contribution in [-0.2, 0) is 14.8 Å². The number of piperidine rings is 1. The molecule has 2 rings (SSSR count). The third-order valence-corrected chi connectivity index (χ3v) is 5.59. The fourth-order valence-electron chi connectivity index (χ4n) is 2.66. The van der Waals surface area contributed by atoms with Crippen molar-refractivity contribution in [3.63, 3.8) is 0 Å². The van der Waals surface area contributed by atoms with Crippen LogP contribution in [0, 0.1) is 11.6 Å². The van der Waals surface area contributed by atoms with Gasteiger partial charge in [0.05, 0.1) is 11.9 Å². The zero-order valence-corrected chi connectivity index (χ0v) is 14.3. The van der Waals surface area contributed by atoms with Gasteiger partial charge in [-0.25, -0.2) is 21.5 Å². The van der Waals surface area contributed by atoms with Gasteiger partial charge in [0.15, 0.2) is 11.6 Å². The van der Waals surface area contributed by atoms with Gasteiger partial charge in [-0.2, -0.15) is 0 Å². The molecule has 0 spiro atoms. The highest BCUT2D eigenvalue weighted by atomic mass is 32.2. The second-order valence-electron chi connectivity index (χ2n) is 5.86. The van der Waals surface area contributed by atoms with E-state index in [1.165, 1.54) is 17.5 Å². The van der Waals surface area contributed by atoms with E-state index in [0.717, 1.165) is 18.4 Å². The van der Waals surface area contributed by atoms with Crippen molar-refractivity contribution in [3.05, 3.63) is 35.4 Å². The minimum atomic E-state index is -3.25. The lowest BCUT2D eigenvalue weighted by Crippen LogP contribution is -2.53. The molecule has 0 bridgehead atoms. The van der Waals surface area contributed by atoms with Crippen molar-refractivity contribution in [2.24, 2.45) is 0 Å². The van der Waals surface area contributed by atoms with E-state index in [4.69, 9.17) is 4.74 Å². The quantitative estimate of drug-likeness (QED) is 0.852. The van der Waals surface area contributed by atoms with Gasteiger partial charge < -0.3 is 10.1 Å². The monoisotopic (exact) mass is 362 g/mol. The highest BCUT2D eigenvalue weighted by molar-refractivity contribution is 7.88. The molecule has 9 heteroatoms. The Morgan fingerprint density at radius 3 is 2.42 bits per heavy atom. The fourth-order valence-corrected chi connectivity index (χ4v) is 3.51. The van der Waals surface area contributed by atoms with E-state index < -0.39 is 33.2 Å². The highest BCUT2D eigenvalue weighted by Gasteiger charge is 2.37. The molecular weight excluding hydrogens is 342 g/mol. The Balaban J connectivity index is 1.98. The van der Waals surface area contributed by atoms with E-state index in [2.05, 4.69) is 5.32 Å². The average molecular weight is 362 g/mol. The lowest BCUT2D eigenvalue weighted by Gasteiger charge is -2.39. The van der Waals surface area contributed by atoms with Gasteiger partial charge in [-0.3, -0.25) is 4.79 Å². The van der Waals surface area contributed by atoms with Gasteiger partial charge in [0.2, 0.25) is 10.0 Å². The van der Waals surface area contributed by atoms with Crippen LogP contribution in [0.1, 0.15) is 23.2 Å². The highest BCUT2D eigenvalue weighted by Crippen LogP contribution is 2.26. The second-order valence-corrected chi connectivity index (χ2v) is 7.84. The number of sulfonamides is 1. The standard InChI is InChI=1S/C15H20F2N2O4S/c1-23-15(5-7-19(8-6-15)24(2,21)22)10-18-14(20)11-3-4-12(16)13(17)9-11/h3-4,9H,5-8,10H2,1-2H3,(H,18,20). The number of halogens is 2. The van der Waals surface area contributed by atoms with Gasteiger partial charge in [0, 0.05) is 32.3 Å². The van der Waals surface area contributed by atoms with E-state index in [-0.39, 0.29) is 12.1 Å². The molecule has 0 atom stereocenters. The first-order chi connectivity index (χ1) is 11.2. The second kappa shape index (κ2) is 7.12. The van der Waals surface area contributed by atoms with Crippen molar-refractivity contribution in [1.82, 2.24) is 9.62 Å². The lowest BCUT2D eigenvalue weighted by atomic mass is 9.92. The van der Waals surface area contributed by atoms with Crippen LogP contribution in [0.4, 0.5) is 8.78 Å². The number of carbonyl (C=O) groups excluding carboxylic acids is 1. The molecule has 0 saturated carbocycles. The van der Waals surface area contributed by atoms with Crippen LogP contribution >= 0.6 is 0 Å². The molecule has 1 N–H and O–H groups in total. The topological polar surface area (TPSA) is 75.7 Å². The van der Waals surface area contributed by atoms with Crippen LogP contribution in [0.5, 0.6) is 0 Å². The van der Waals surface area contributed by atoms with E-state index in [0.29, 0.717) is 25.9 Å². The van der Waals surface area contributed by atoms with Gasteiger partial charge >= 0.3 is 0 Å². The van der Waals surface area contributed by atoms with E-state index in [1.807, 2.05) is 0 Å². The summed E-state index contributed by atoms with van der Waals surface area (Å²) in [5, 5.41) is 2.64. The number of hydrogen-bond donors (Lipinski definition) is 1. The van der Waals surface area contributed by atoms with Gasteiger partial charge in [0.25, 0.3) is 5.91 Å². The molecule has 0 unspecified atom stereocenters. The first-order valence-corrected chi connectivity index (χ1v) is 9.25. The number of rotatable bonds is 5. The Morgan fingerprint density at radius 1 is 1.29 bits per heavy atom. The minimum Gasteiger partial charge on any atom is -0.376 e. The van der Waals surface area contributed by atoms with Gasteiger partial charge in [0.1, 0.15) is 0 Å². The molecule has 1 heterocycles. The molecule has 6 nitrogen and oxygen atoms in total. The summed E-state index contributed by atoms with van der Waals surface area (Å²) in [6, 6.07) is 2.91. The minimum absolute atomic E-state index is 0.00808. The predicted octanol–water partition coefficient (Wildman–Crippen LogP) is 1.14. The number of nitrogens with one attached hydrogen (secondary N) is 1. The zero-order chi connectivity index (χ0) is 18.0. The van der Waals surface area contributed by atoms with E-state index >= 15 is 0 Å². The molecular formula is C15H20F2N2O4S. The molecule has 134 valence electrons. The number of nitrogens with zero attached hydrogens (tertiary/aromatic N) is 1. The van der Waals surface area contributed by atoms with Crippen LogP contribution in [0.25, 0.3) is 0 Å². The Labute approximate surface area is 139 Å². The molecule has 1 aliphatic rings. The summed E-state index contributed by atoms with van der Waals surface area (Å²) in [5.74, 6) is -2.66. The average Bonchev–Trinajstić information content (AvgIpc) is 2.54. The molecule has 1 aromatic rings. The molecule has 0 aliphatic carbocycles. The van der Waals surface area contributed by atoms with Crippen LogP contribution < -0.4 is 5.32 Å². The Bertz CT molecular complexity index is 716. The molecule has 1 saturated heterocycles. The third kappa shape index (κ3) is 4.28. The fraction of sp³-hybridized carbons (Fsp3) is 0.533. The third-order valence-electron chi connectivity index (χ3n) is 4.29. The van der Waals surface area contributed by atoms with Crippen molar-refractivity contribution in [2.75, 3.05) is 33.0 Å². The normalized spacial score (nSPS) is 18.3. The van der Waals surface area contributed by atoms with E-state index in [1.54, 1.807) is 0 Å². The summed E-state index contributed by atoms with van der Waals surface area (Å²) in [5.41, 5.74) is -0.677. The van der Waals surface area contributed by atoms with Crippen molar-refractivity contribution >= 4 is 15.9 Å². The summed E-state index contributed by atoms with van der Waals surface area (Å²) >= 11 is 0. The lowest BCUT2D eigenvalue weighted by molar-refractivity contribution is -0.0424. The van der Waals surface area contributed by atoms with Crippen molar-refractivity contribution in [1.29, 1.82) is 0 Å². The predicted molar refractivity (Wildman–Crippen MR) is 84.1 cm³/mol. The first-order valence-electron chi connectivity index (χ1n) is 7.40. The summed E-state index contributed by atoms with van der Waals surface area (Å²) < 4.78 is 56.0. The molecule has 1 aromatic carbocycles. The van der Waals surface area contributed by atoms with Crippen LogP contribution in [0.3, 0.4) is 0 Å².